The summed E-state index contributed by atoms with van der Waals surface area (Å²) in [6, 6.07) is 1.97. The number of hydrogen-bond donors (Lipinski definition) is 1. The first-order valence-corrected chi connectivity index (χ1v) is 6.76. The van der Waals surface area contributed by atoms with Crippen LogP contribution in [0.2, 0.25) is 0 Å². The molecular formula is C12H13BrN4O2. The minimum atomic E-state index is 0.0614. The summed E-state index contributed by atoms with van der Waals surface area (Å²) in [6.07, 6.45) is 4.47. The minimum Gasteiger partial charge on any atom is -0.380 e. The minimum absolute atomic E-state index is 0.0614. The van der Waals surface area contributed by atoms with Gasteiger partial charge in [-0.05, 0) is 28.4 Å². The molecular weight excluding hydrogens is 312 g/mol. The number of ether oxygens (including phenoxy) is 1. The van der Waals surface area contributed by atoms with Gasteiger partial charge in [-0.15, -0.1) is 0 Å². The van der Waals surface area contributed by atoms with Gasteiger partial charge in [0.15, 0.2) is 0 Å². The van der Waals surface area contributed by atoms with E-state index in [1.54, 1.807) is 19.5 Å². The lowest BCUT2D eigenvalue weighted by molar-refractivity contribution is 0.116. The first-order chi connectivity index (χ1) is 9.26. The van der Waals surface area contributed by atoms with E-state index in [4.69, 9.17) is 9.26 Å². The van der Waals surface area contributed by atoms with Gasteiger partial charge >= 0.3 is 0 Å². The lowest BCUT2D eigenvalue weighted by Crippen LogP contribution is -2.16. The summed E-state index contributed by atoms with van der Waals surface area (Å²) in [5.41, 5.74) is 0.825. The van der Waals surface area contributed by atoms with Crippen LogP contribution in [-0.4, -0.2) is 34.9 Å². The maximum atomic E-state index is 5.31. The van der Waals surface area contributed by atoms with Gasteiger partial charge in [0.2, 0.25) is 11.7 Å². The van der Waals surface area contributed by atoms with E-state index in [0.717, 1.165) is 23.0 Å². The highest BCUT2D eigenvalue weighted by atomic mass is 79.9. The summed E-state index contributed by atoms with van der Waals surface area (Å²) in [5, 5.41) is 7.30. The van der Waals surface area contributed by atoms with Crippen LogP contribution in [0.1, 0.15) is 18.4 Å². The second-order valence-electron chi connectivity index (χ2n) is 4.40. The van der Waals surface area contributed by atoms with E-state index >= 15 is 0 Å². The van der Waals surface area contributed by atoms with Crippen molar-refractivity contribution in [3.8, 4) is 11.4 Å². The highest BCUT2D eigenvalue weighted by Crippen LogP contribution is 2.26. The molecule has 1 N–H and O–H groups in total. The van der Waals surface area contributed by atoms with Crippen LogP contribution in [-0.2, 0) is 4.74 Å². The molecule has 0 bridgehead atoms. The molecule has 0 aliphatic carbocycles. The van der Waals surface area contributed by atoms with Gasteiger partial charge in [0.25, 0.3) is 0 Å². The molecule has 1 saturated heterocycles. The van der Waals surface area contributed by atoms with Crippen molar-refractivity contribution in [1.82, 2.24) is 20.4 Å². The zero-order valence-electron chi connectivity index (χ0n) is 10.3. The van der Waals surface area contributed by atoms with Gasteiger partial charge in [0.05, 0.1) is 12.1 Å². The highest BCUT2D eigenvalue weighted by Gasteiger charge is 2.29. The van der Waals surface area contributed by atoms with Crippen LogP contribution in [0, 0.1) is 0 Å². The molecule has 0 saturated carbocycles. The predicted octanol–water partition coefficient (Wildman–Crippen LogP) is 1.94. The number of hydrogen-bond acceptors (Lipinski definition) is 6. The largest absolute Gasteiger partial charge is 0.380 e. The van der Waals surface area contributed by atoms with E-state index in [9.17, 15) is 0 Å². The molecule has 100 valence electrons. The van der Waals surface area contributed by atoms with Crippen molar-refractivity contribution in [2.24, 2.45) is 0 Å². The number of aromatic nitrogens is 3. The highest BCUT2D eigenvalue weighted by molar-refractivity contribution is 9.10. The van der Waals surface area contributed by atoms with Gasteiger partial charge < -0.3 is 14.6 Å². The predicted molar refractivity (Wildman–Crippen MR) is 71.4 cm³/mol. The fraction of sp³-hybridized carbons (Fsp3) is 0.417. The van der Waals surface area contributed by atoms with Crippen LogP contribution in [0.25, 0.3) is 11.4 Å². The average Bonchev–Trinajstić information content (AvgIpc) is 3.07. The third kappa shape index (κ3) is 2.68. The zero-order chi connectivity index (χ0) is 13.2. The Hall–Kier alpha value is -1.31. The molecule has 2 atom stereocenters. The number of pyridine rings is 1. The van der Waals surface area contributed by atoms with Crippen LogP contribution in [0.3, 0.4) is 0 Å². The van der Waals surface area contributed by atoms with Crippen molar-refractivity contribution in [3.05, 3.63) is 28.8 Å². The Morgan fingerprint density at radius 1 is 1.47 bits per heavy atom. The van der Waals surface area contributed by atoms with E-state index in [1.807, 2.05) is 6.07 Å². The molecule has 6 nitrogen and oxygen atoms in total. The van der Waals surface area contributed by atoms with Gasteiger partial charge in [-0.2, -0.15) is 4.98 Å². The number of halogens is 1. The van der Waals surface area contributed by atoms with Crippen molar-refractivity contribution in [1.29, 1.82) is 0 Å². The van der Waals surface area contributed by atoms with Crippen LogP contribution in [0.5, 0.6) is 0 Å². The second-order valence-corrected chi connectivity index (χ2v) is 5.32. The first kappa shape index (κ1) is 12.7. The summed E-state index contributed by atoms with van der Waals surface area (Å²) in [7, 11) is 1.71. The van der Waals surface area contributed by atoms with Crippen LogP contribution < -0.4 is 5.32 Å². The molecule has 2 aromatic rings. The van der Waals surface area contributed by atoms with Crippen molar-refractivity contribution in [2.75, 3.05) is 13.7 Å². The molecule has 3 rings (SSSR count). The average molecular weight is 325 g/mol. The third-order valence-electron chi connectivity index (χ3n) is 3.13. The van der Waals surface area contributed by atoms with Crippen molar-refractivity contribution in [2.45, 2.75) is 18.6 Å². The van der Waals surface area contributed by atoms with Crippen molar-refractivity contribution >= 4 is 15.9 Å². The van der Waals surface area contributed by atoms with Gasteiger partial charge in [-0.3, -0.25) is 4.98 Å². The number of rotatable bonds is 3. The molecule has 0 spiro atoms. The lowest BCUT2D eigenvalue weighted by Gasteiger charge is -2.04. The molecule has 1 aliphatic rings. The summed E-state index contributed by atoms with van der Waals surface area (Å²) < 4.78 is 11.5. The standard InChI is InChI=1S/C12H13BrN4O2/c1-18-9-3-10(15-6-9)12-16-11(17-19-12)7-2-8(13)5-14-4-7/h2,4-5,9-10,15H,3,6H2,1H3. The van der Waals surface area contributed by atoms with Crippen LogP contribution in [0.15, 0.2) is 27.5 Å². The quantitative estimate of drug-likeness (QED) is 0.930. The summed E-state index contributed by atoms with van der Waals surface area (Å²) in [6.45, 7) is 0.803. The Morgan fingerprint density at radius 2 is 2.37 bits per heavy atom. The van der Waals surface area contributed by atoms with E-state index in [1.165, 1.54) is 0 Å². The molecule has 3 heterocycles. The molecule has 0 amide bonds. The van der Waals surface area contributed by atoms with Crippen molar-refractivity contribution < 1.29 is 9.26 Å². The van der Waals surface area contributed by atoms with Crippen LogP contribution >= 0.6 is 15.9 Å². The fourth-order valence-corrected chi connectivity index (χ4v) is 2.46. The Balaban J connectivity index is 1.80. The number of nitrogens with zero attached hydrogens (tertiary/aromatic N) is 3. The second kappa shape index (κ2) is 5.36. The molecule has 0 radical (unpaired) electrons. The fourth-order valence-electron chi connectivity index (χ4n) is 2.10. The van der Waals surface area contributed by atoms with Gasteiger partial charge in [-0.1, -0.05) is 5.16 Å². The Kier molecular flexibility index (Phi) is 3.58. The Morgan fingerprint density at radius 3 is 3.11 bits per heavy atom. The van der Waals surface area contributed by atoms with Gasteiger partial charge in [0, 0.05) is 36.1 Å². The summed E-state index contributed by atoms with van der Waals surface area (Å²) in [4.78, 5) is 8.50. The monoisotopic (exact) mass is 324 g/mol. The van der Waals surface area contributed by atoms with Gasteiger partial charge in [0.1, 0.15) is 0 Å². The maximum Gasteiger partial charge on any atom is 0.244 e. The third-order valence-corrected chi connectivity index (χ3v) is 3.56. The molecule has 1 fully saturated rings. The van der Waals surface area contributed by atoms with Gasteiger partial charge in [-0.25, -0.2) is 0 Å². The molecule has 1 aliphatic heterocycles. The molecule has 2 unspecified atom stereocenters. The Labute approximate surface area is 118 Å². The summed E-state index contributed by atoms with van der Waals surface area (Å²) >= 11 is 3.37. The smallest absolute Gasteiger partial charge is 0.244 e. The molecule has 7 heteroatoms. The number of methoxy groups -OCH3 is 1. The van der Waals surface area contributed by atoms with E-state index in [-0.39, 0.29) is 12.1 Å². The summed E-state index contributed by atoms with van der Waals surface area (Å²) in [5.74, 6) is 1.14. The SMILES string of the molecule is COC1CNC(c2nc(-c3cncc(Br)c3)no2)C1. The first-order valence-electron chi connectivity index (χ1n) is 5.97. The molecule has 2 aromatic heterocycles. The maximum absolute atomic E-state index is 5.31. The van der Waals surface area contributed by atoms with Crippen molar-refractivity contribution in [3.63, 3.8) is 0 Å². The topological polar surface area (TPSA) is 73.1 Å². The van der Waals surface area contributed by atoms with E-state index in [2.05, 4.69) is 36.4 Å². The molecule has 0 aromatic carbocycles. The normalized spacial score (nSPS) is 22.8. The Bertz CT molecular complexity index is 574. The zero-order valence-corrected chi connectivity index (χ0v) is 11.9. The van der Waals surface area contributed by atoms with E-state index < -0.39 is 0 Å². The molecule has 19 heavy (non-hydrogen) atoms. The van der Waals surface area contributed by atoms with Crippen LogP contribution in [0.4, 0.5) is 0 Å². The van der Waals surface area contributed by atoms with E-state index in [0.29, 0.717) is 11.7 Å². The number of nitrogens with one attached hydrogen (secondary N) is 1. The lowest BCUT2D eigenvalue weighted by atomic mass is 10.2.